The SMILES string of the molecule is CCOP(=O)(/C=C/c1ccc(C)cc1)OCC. The van der Waals surface area contributed by atoms with E-state index in [-0.39, 0.29) is 0 Å². The van der Waals surface area contributed by atoms with Gasteiger partial charge in [-0.25, -0.2) is 0 Å². The molecule has 0 N–H and O–H groups in total. The van der Waals surface area contributed by atoms with E-state index in [1.165, 1.54) is 11.4 Å². The van der Waals surface area contributed by atoms with Crippen molar-refractivity contribution in [2.45, 2.75) is 20.8 Å². The van der Waals surface area contributed by atoms with Gasteiger partial charge in [0.05, 0.1) is 13.2 Å². The zero-order chi connectivity index (χ0) is 12.7. The highest BCUT2D eigenvalue weighted by Crippen LogP contribution is 2.49. The predicted octanol–water partition coefficient (Wildman–Crippen LogP) is 4.23. The van der Waals surface area contributed by atoms with Gasteiger partial charge in [0.15, 0.2) is 0 Å². The van der Waals surface area contributed by atoms with Gasteiger partial charge in [0.1, 0.15) is 0 Å². The summed E-state index contributed by atoms with van der Waals surface area (Å²) in [5, 5.41) is 0. The number of aryl methyl sites for hydroxylation is 1. The summed E-state index contributed by atoms with van der Waals surface area (Å²) in [4.78, 5) is 0. The Bertz CT molecular complexity index is 399. The van der Waals surface area contributed by atoms with Crippen LogP contribution in [0, 0.1) is 6.92 Å². The minimum Gasteiger partial charge on any atom is -0.306 e. The molecule has 4 heteroatoms. The molecule has 0 unspecified atom stereocenters. The van der Waals surface area contributed by atoms with Crippen LogP contribution in [0.3, 0.4) is 0 Å². The molecule has 3 nitrogen and oxygen atoms in total. The summed E-state index contributed by atoms with van der Waals surface area (Å²) in [5.41, 5.74) is 2.18. The van der Waals surface area contributed by atoms with Crippen molar-refractivity contribution in [1.82, 2.24) is 0 Å². The molecule has 0 saturated heterocycles. The molecule has 1 aromatic rings. The molecule has 0 amide bonds. The molecule has 0 aromatic heterocycles. The molecule has 0 aliphatic carbocycles. The first-order valence-corrected chi connectivity index (χ1v) is 7.35. The fraction of sp³-hybridized carbons (Fsp3) is 0.385. The van der Waals surface area contributed by atoms with Crippen molar-refractivity contribution in [3.63, 3.8) is 0 Å². The molecule has 0 atom stereocenters. The normalized spacial score (nSPS) is 12.2. The van der Waals surface area contributed by atoms with Crippen LogP contribution in [0.4, 0.5) is 0 Å². The molecular formula is C13H19O3P. The lowest BCUT2D eigenvalue weighted by Crippen LogP contribution is -1.92. The third-order valence-electron chi connectivity index (χ3n) is 2.14. The van der Waals surface area contributed by atoms with E-state index in [4.69, 9.17) is 9.05 Å². The Morgan fingerprint density at radius 1 is 1.12 bits per heavy atom. The molecule has 0 aliphatic heterocycles. The van der Waals surface area contributed by atoms with Crippen LogP contribution in [-0.2, 0) is 13.6 Å². The highest BCUT2D eigenvalue weighted by atomic mass is 31.2. The highest BCUT2D eigenvalue weighted by molar-refractivity contribution is 7.57. The van der Waals surface area contributed by atoms with Crippen LogP contribution in [0.15, 0.2) is 30.1 Å². The molecule has 0 aliphatic rings. The van der Waals surface area contributed by atoms with E-state index < -0.39 is 7.60 Å². The molecule has 1 aromatic carbocycles. The lowest BCUT2D eigenvalue weighted by molar-refractivity contribution is 0.229. The van der Waals surface area contributed by atoms with Crippen molar-refractivity contribution in [2.75, 3.05) is 13.2 Å². The Kier molecular flexibility index (Phi) is 5.63. The van der Waals surface area contributed by atoms with Crippen molar-refractivity contribution in [3.05, 3.63) is 41.2 Å². The average molecular weight is 254 g/mol. The Morgan fingerprint density at radius 3 is 2.12 bits per heavy atom. The molecule has 1 rings (SSSR count). The fourth-order valence-corrected chi connectivity index (χ4v) is 2.66. The van der Waals surface area contributed by atoms with Crippen molar-refractivity contribution in [3.8, 4) is 0 Å². The Hall–Kier alpha value is -0.890. The van der Waals surface area contributed by atoms with Crippen LogP contribution in [0.2, 0.25) is 0 Å². The fourth-order valence-electron chi connectivity index (χ4n) is 1.34. The summed E-state index contributed by atoms with van der Waals surface area (Å²) in [6.07, 6.45) is 1.77. The third kappa shape index (κ3) is 4.86. The summed E-state index contributed by atoms with van der Waals surface area (Å²) in [5.74, 6) is 1.52. The number of hydrogen-bond donors (Lipinski definition) is 0. The first-order valence-electron chi connectivity index (χ1n) is 5.74. The number of benzene rings is 1. The summed E-state index contributed by atoms with van der Waals surface area (Å²) in [6, 6.07) is 7.94. The van der Waals surface area contributed by atoms with E-state index in [0.29, 0.717) is 13.2 Å². The second-order valence-electron chi connectivity index (χ2n) is 3.60. The van der Waals surface area contributed by atoms with Crippen molar-refractivity contribution in [2.24, 2.45) is 0 Å². The molecule has 17 heavy (non-hydrogen) atoms. The van der Waals surface area contributed by atoms with E-state index in [0.717, 1.165) is 5.56 Å². The van der Waals surface area contributed by atoms with Crippen LogP contribution in [0.1, 0.15) is 25.0 Å². The second kappa shape index (κ2) is 6.75. The zero-order valence-electron chi connectivity index (χ0n) is 10.6. The van der Waals surface area contributed by atoms with Gasteiger partial charge < -0.3 is 9.05 Å². The maximum atomic E-state index is 12.1. The molecule has 0 bridgehead atoms. The van der Waals surface area contributed by atoms with Crippen LogP contribution in [0.5, 0.6) is 0 Å². The lowest BCUT2D eigenvalue weighted by atomic mass is 10.2. The maximum absolute atomic E-state index is 12.1. The van der Waals surface area contributed by atoms with Gasteiger partial charge in [-0.05, 0) is 32.4 Å². The Morgan fingerprint density at radius 2 is 1.65 bits per heavy atom. The van der Waals surface area contributed by atoms with Gasteiger partial charge in [-0.1, -0.05) is 29.8 Å². The predicted molar refractivity (Wildman–Crippen MR) is 71.1 cm³/mol. The Balaban J connectivity index is 2.79. The quantitative estimate of drug-likeness (QED) is 0.712. The zero-order valence-corrected chi connectivity index (χ0v) is 11.4. The van der Waals surface area contributed by atoms with Crippen LogP contribution in [0.25, 0.3) is 6.08 Å². The molecule has 0 saturated carbocycles. The van der Waals surface area contributed by atoms with E-state index >= 15 is 0 Å². The number of rotatable bonds is 6. The summed E-state index contributed by atoms with van der Waals surface area (Å²) in [6.45, 7) is 6.36. The molecular weight excluding hydrogens is 235 g/mol. The van der Waals surface area contributed by atoms with Crippen LogP contribution >= 0.6 is 7.60 Å². The molecule has 0 radical (unpaired) electrons. The minimum atomic E-state index is -3.08. The topological polar surface area (TPSA) is 35.5 Å². The van der Waals surface area contributed by atoms with Crippen LogP contribution < -0.4 is 0 Å². The van der Waals surface area contributed by atoms with Gasteiger partial charge in [0.25, 0.3) is 0 Å². The van der Waals surface area contributed by atoms with Crippen molar-refractivity contribution < 1.29 is 13.6 Å². The van der Waals surface area contributed by atoms with Gasteiger partial charge in [-0.3, -0.25) is 4.57 Å². The first kappa shape index (κ1) is 14.2. The second-order valence-corrected chi connectivity index (χ2v) is 5.50. The largest absolute Gasteiger partial charge is 0.354 e. The smallest absolute Gasteiger partial charge is 0.306 e. The van der Waals surface area contributed by atoms with E-state index in [1.807, 2.05) is 31.2 Å². The standard InChI is InChI=1S/C13H19O3P/c1-4-15-17(14,16-5-2)11-10-13-8-6-12(3)7-9-13/h6-11H,4-5H2,1-3H3/b11-10+. The number of hydrogen-bond acceptors (Lipinski definition) is 3. The maximum Gasteiger partial charge on any atom is 0.354 e. The lowest BCUT2D eigenvalue weighted by Gasteiger charge is -2.12. The minimum absolute atomic E-state index is 0.371. The Labute approximate surface area is 103 Å². The van der Waals surface area contributed by atoms with E-state index in [2.05, 4.69) is 0 Å². The van der Waals surface area contributed by atoms with Crippen molar-refractivity contribution in [1.29, 1.82) is 0 Å². The van der Waals surface area contributed by atoms with Crippen molar-refractivity contribution >= 4 is 13.7 Å². The average Bonchev–Trinajstić information content (AvgIpc) is 2.29. The summed E-state index contributed by atoms with van der Waals surface area (Å²) in [7, 11) is -3.08. The third-order valence-corrected chi connectivity index (χ3v) is 3.90. The summed E-state index contributed by atoms with van der Waals surface area (Å²) < 4.78 is 22.4. The van der Waals surface area contributed by atoms with Gasteiger partial charge >= 0.3 is 7.60 Å². The molecule has 94 valence electrons. The first-order chi connectivity index (χ1) is 8.09. The van der Waals surface area contributed by atoms with E-state index in [9.17, 15) is 4.57 Å². The molecule has 0 heterocycles. The van der Waals surface area contributed by atoms with Gasteiger partial charge in [0.2, 0.25) is 0 Å². The van der Waals surface area contributed by atoms with E-state index in [1.54, 1.807) is 19.9 Å². The van der Waals surface area contributed by atoms with Gasteiger partial charge in [0, 0.05) is 5.82 Å². The van der Waals surface area contributed by atoms with Gasteiger partial charge in [-0.15, -0.1) is 0 Å². The molecule has 0 spiro atoms. The highest BCUT2D eigenvalue weighted by Gasteiger charge is 2.18. The monoisotopic (exact) mass is 254 g/mol. The van der Waals surface area contributed by atoms with Crippen LogP contribution in [-0.4, -0.2) is 13.2 Å². The van der Waals surface area contributed by atoms with Gasteiger partial charge in [-0.2, -0.15) is 0 Å². The summed E-state index contributed by atoms with van der Waals surface area (Å²) >= 11 is 0. The molecule has 0 fully saturated rings.